The van der Waals surface area contributed by atoms with E-state index in [4.69, 9.17) is 0 Å². The number of aliphatic hydroxyl groups is 1. The second-order valence-electron chi connectivity index (χ2n) is 2.69. The molecule has 84 valence electrons. The zero-order valence-corrected chi connectivity index (χ0v) is 7.66. The normalized spacial score (nSPS) is 9.56. The summed E-state index contributed by atoms with van der Waals surface area (Å²) < 4.78 is 12.5. The van der Waals surface area contributed by atoms with Crippen LogP contribution in [0.1, 0.15) is 5.56 Å². The number of halogens is 1. The highest BCUT2D eigenvalue weighted by Gasteiger charge is 2.33. The molecule has 0 bridgehead atoms. The summed E-state index contributed by atoms with van der Waals surface area (Å²) in [6, 6.07) is 3.83. The fraction of sp³-hybridized carbons (Fsp3) is 0. The second-order valence-corrected chi connectivity index (χ2v) is 2.69. The largest absolute Gasteiger partial charge is 0.601 e. The lowest BCUT2D eigenvalue weighted by Gasteiger charge is -1.97. The summed E-state index contributed by atoms with van der Waals surface area (Å²) in [5, 5.41) is 29.9. The lowest BCUT2D eigenvalue weighted by Crippen LogP contribution is -2.12. The van der Waals surface area contributed by atoms with Gasteiger partial charge < -0.3 is 5.11 Å². The van der Waals surface area contributed by atoms with E-state index in [-0.39, 0.29) is 5.56 Å². The van der Waals surface area contributed by atoms with Gasteiger partial charge in [-0.25, -0.2) is 4.39 Å². The molecule has 0 heterocycles. The fourth-order valence-corrected chi connectivity index (χ4v) is 0.976. The zero-order chi connectivity index (χ0) is 12.3. The average Bonchev–Trinajstić information content (AvgIpc) is 2.17. The van der Waals surface area contributed by atoms with Crippen molar-refractivity contribution < 1.29 is 19.3 Å². The van der Waals surface area contributed by atoms with Gasteiger partial charge in [0.05, 0.1) is 0 Å². The van der Waals surface area contributed by atoms with Gasteiger partial charge in [0.1, 0.15) is 15.7 Å². The van der Waals surface area contributed by atoms with Gasteiger partial charge >= 0.3 is 5.82 Å². The molecule has 0 radical (unpaired) electrons. The summed E-state index contributed by atoms with van der Waals surface area (Å²) in [4.78, 5) is 17.9. The van der Waals surface area contributed by atoms with E-state index in [0.29, 0.717) is 0 Å². The third-order valence-electron chi connectivity index (χ3n) is 1.68. The minimum absolute atomic E-state index is 0.204. The summed E-state index contributed by atoms with van der Waals surface area (Å²) in [6.45, 7) is 0. The van der Waals surface area contributed by atoms with Crippen molar-refractivity contribution in [2.45, 2.75) is 0 Å². The molecule has 0 unspecified atom stereocenters. The van der Waals surface area contributed by atoms with Crippen LogP contribution in [0, 0.1) is 26.0 Å². The first kappa shape index (κ1) is 11.6. The topological polar surface area (TPSA) is 107 Å². The highest BCUT2D eigenvalue weighted by molar-refractivity contribution is 5.58. The lowest BCUT2D eigenvalue weighted by molar-refractivity contribution is -0.615. The molecule has 0 aliphatic rings. The standard InChI is InChI=1S/C8H5FN2O5/c9-6-3-1-5(2-4-6)7(12)8(10(13)14)11(15)16/h1-4,12H. The van der Waals surface area contributed by atoms with Gasteiger partial charge in [0.2, 0.25) is 0 Å². The Labute approximate surface area is 87.7 Å². The Bertz CT molecular complexity index is 452. The first-order chi connectivity index (χ1) is 7.43. The highest BCUT2D eigenvalue weighted by Crippen LogP contribution is 2.17. The molecule has 7 nitrogen and oxygen atoms in total. The Kier molecular flexibility index (Phi) is 3.14. The first-order valence-corrected chi connectivity index (χ1v) is 3.91. The minimum atomic E-state index is -1.55. The molecule has 8 heteroatoms. The molecule has 0 aromatic heterocycles. The number of hydrogen-bond donors (Lipinski definition) is 1. The van der Waals surface area contributed by atoms with Crippen molar-refractivity contribution in [2.24, 2.45) is 0 Å². The smallest absolute Gasteiger partial charge is 0.497 e. The SMILES string of the molecule is O=[N+]([O-])C(=C(O)c1ccc(F)cc1)[N+](=O)[O-]. The summed E-state index contributed by atoms with van der Waals surface area (Å²) >= 11 is 0. The van der Waals surface area contributed by atoms with Crippen molar-refractivity contribution in [1.82, 2.24) is 0 Å². The molecule has 1 N–H and O–H groups in total. The maximum atomic E-state index is 12.5. The molecule has 1 aromatic rings. The number of rotatable bonds is 3. The minimum Gasteiger partial charge on any atom is -0.497 e. The molecule has 0 aliphatic heterocycles. The Morgan fingerprint density at radius 2 is 1.56 bits per heavy atom. The highest BCUT2D eigenvalue weighted by atomic mass is 19.1. The number of benzene rings is 1. The molecule has 0 saturated carbocycles. The Balaban J connectivity index is 3.29. The van der Waals surface area contributed by atoms with Crippen molar-refractivity contribution in [1.29, 1.82) is 0 Å². The van der Waals surface area contributed by atoms with Crippen LogP contribution in [0.2, 0.25) is 0 Å². The Hall–Kier alpha value is -2.51. The molecule has 0 fully saturated rings. The van der Waals surface area contributed by atoms with Crippen LogP contribution in [0.25, 0.3) is 5.76 Å². The summed E-state index contributed by atoms with van der Waals surface area (Å²) in [5.74, 6) is -3.29. The predicted octanol–water partition coefficient (Wildman–Crippen LogP) is 1.56. The molecular weight excluding hydrogens is 223 g/mol. The van der Waals surface area contributed by atoms with Crippen LogP contribution < -0.4 is 0 Å². The molecule has 16 heavy (non-hydrogen) atoms. The fourth-order valence-electron chi connectivity index (χ4n) is 0.976. The van der Waals surface area contributed by atoms with Crippen LogP contribution in [0.5, 0.6) is 0 Å². The first-order valence-electron chi connectivity index (χ1n) is 3.91. The van der Waals surface area contributed by atoms with Gasteiger partial charge in [0, 0.05) is 5.56 Å². The van der Waals surface area contributed by atoms with E-state index in [1.54, 1.807) is 0 Å². The molecule has 0 aliphatic carbocycles. The summed E-state index contributed by atoms with van der Waals surface area (Å²) in [6.07, 6.45) is 0. The van der Waals surface area contributed by atoms with Crippen LogP contribution in [-0.4, -0.2) is 15.0 Å². The summed E-state index contributed by atoms with van der Waals surface area (Å²) in [5.41, 5.74) is -0.204. The van der Waals surface area contributed by atoms with Crippen molar-refractivity contribution in [3.8, 4) is 0 Å². The van der Waals surface area contributed by atoms with Crippen LogP contribution in [0.15, 0.2) is 30.1 Å². The zero-order valence-electron chi connectivity index (χ0n) is 7.66. The van der Waals surface area contributed by atoms with Gasteiger partial charge in [-0.3, -0.25) is 20.2 Å². The van der Waals surface area contributed by atoms with E-state index in [1.165, 1.54) is 0 Å². The van der Waals surface area contributed by atoms with E-state index in [2.05, 4.69) is 0 Å². The average molecular weight is 228 g/mol. The van der Waals surface area contributed by atoms with E-state index >= 15 is 0 Å². The Morgan fingerprint density at radius 3 is 1.94 bits per heavy atom. The number of hydrogen-bond acceptors (Lipinski definition) is 5. The van der Waals surface area contributed by atoms with Crippen molar-refractivity contribution in [3.63, 3.8) is 0 Å². The van der Waals surface area contributed by atoms with Crippen LogP contribution >= 0.6 is 0 Å². The number of aliphatic hydroxyl groups excluding tert-OH is 1. The molecule has 1 aromatic carbocycles. The molecule has 0 amide bonds. The molecule has 0 spiro atoms. The lowest BCUT2D eigenvalue weighted by atomic mass is 10.2. The monoisotopic (exact) mass is 228 g/mol. The van der Waals surface area contributed by atoms with Crippen molar-refractivity contribution in [3.05, 3.63) is 61.7 Å². The second kappa shape index (κ2) is 4.34. The Morgan fingerprint density at radius 1 is 1.12 bits per heavy atom. The molecule has 0 saturated heterocycles. The van der Waals surface area contributed by atoms with E-state index < -0.39 is 27.2 Å². The van der Waals surface area contributed by atoms with Crippen LogP contribution in [0.3, 0.4) is 0 Å². The number of nitrogens with zero attached hydrogens (tertiary/aromatic N) is 2. The van der Waals surface area contributed by atoms with E-state index in [9.17, 15) is 29.7 Å². The molecule has 0 atom stereocenters. The van der Waals surface area contributed by atoms with Crippen LogP contribution in [0.4, 0.5) is 4.39 Å². The van der Waals surface area contributed by atoms with Crippen molar-refractivity contribution >= 4 is 5.76 Å². The van der Waals surface area contributed by atoms with Gasteiger partial charge in [0.15, 0.2) is 0 Å². The van der Waals surface area contributed by atoms with Gasteiger partial charge in [-0.15, -0.1) is 0 Å². The van der Waals surface area contributed by atoms with E-state index in [1.807, 2.05) is 0 Å². The third-order valence-corrected chi connectivity index (χ3v) is 1.68. The van der Waals surface area contributed by atoms with E-state index in [0.717, 1.165) is 24.3 Å². The summed E-state index contributed by atoms with van der Waals surface area (Å²) in [7, 11) is 0. The van der Waals surface area contributed by atoms with Crippen molar-refractivity contribution in [2.75, 3.05) is 0 Å². The maximum Gasteiger partial charge on any atom is 0.601 e. The van der Waals surface area contributed by atoms with Gasteiger partial charge in [-0.2, -0.15) is 0 Å². The molecular formula is C8H5FN2O5. The van der Waals surface area contributed by atoms with Gasteiger partial charge in [-0.05, 0) is 24.3 Å². The third kappa shape index (κ3) is 2.29. The molecule has 1 rings (SSSR count). The van der Waals surface area contributed by atoms with Gasteiger partial charge in [0.25, 0.3) is 5.76 Å². The number of nitro groups is 2. The van der Waals surface area contributed by atoms with Gasteiger partial charge in [-0.1, -0.05) is 0 Å². The van der Waals surface area contributed by atoms with Crippen LogP contribution in [-0.2, 0) is 0 Å². The maximum absolute atomic E-state index is 12.5. The quantitative estimate of drug-likeness (QED) is 0.480. The predicted molar refractivity (Wildman–Crippen MR) is 49.9 cm³/mol.